The van der Waals surface area contributed by atoms with Gasteiger partial charge in [-0.3, -0.25) is 0 Å². The molecule has 1 aliphatic rings. The summed E-state index contributed by atoms with van der Waals surface area (Å²) in [6.45, 7) is 0. The van der Waals surface area contributed by atoms with Crippen LogP contribution >= 0.6 is 11.3 Å². The Labute approximate surface area is 365 Å². The van der Waals surface area contributed by atoms with Crippen molar-refractivity contribution in [2.24, 2.45) is 0 Å². The SMILES string of the molecule is c1ccc(-c2cc(-c3ccc4sc5ccccc5c4c3)cc(-c3cc(-c4cccc(C5(c6ccccc6)c6ccccc6-c6ccccc65)c4)nc(-c4ccccc4)n3)c2)cc1. The molecule has 2 nitrogen and oxygen atoms in total. The molecular weight excluding hydrogens is 769 g/mol. The summed E-state index contributed by atoms with van der Waals surface area (Å²) in [6, 6.07) is 83.5. The molecule has 9 aromatic carbocycles. The first-order valence-corrected chi connectivity index (χ1v) is 22.0. The number of aromatic nitrogens is 2. The third-order valence-corrected chi connectivity index (χ3v) is 13.7. The quantitative estimate of drug-likeness (QED) is 0.160. The van der Waals surface area contributed by atoms with Gasteiger partial charge in [-0.25, -0.2) is 9.97 Å². The maximum atomic E-state index is 5.36. The van der Waals surface area contributed by atoms with Gasteiger partial charge in [0.25, 0.3) is 0 Å². The van der Waals surface area contributed by atoms with Crippen molar-refractivity contribution in [1.29, 1.82) is 0 Å². The lowest BCUT2D eigenvalue weighted by molar-refractivity contribution is 0.768. The molecule has 0 aliphatic heterocycles. The molecular formula is C59H38N2S. The number of thiophene rings is 1. The van der Waals surface area contributed by atoms with Crippen molar-refractivity contribution in [3.05, 3.63) is 253 Å². The average Bonchev–Trinajstić information content (AvgIpc) is 3.88. The van der Waals surface area contributed by atoms with Gasteiger partial charge in [0.1, 0.15) is 0 Å². The fraction of sp³-hybridized carbons (Fsp3) is 0.0169. The molecule has 0 unspecified atom stereocenters. The Bertz CT molecular complexity index is 3420. The molecule has 0 saturated heterocycles. The highest BCUT2D eigenvalue weighted by Crippen LogP contribution is 2.56. The van der Waals surface area contributed by atoms with Crippen molar-refractivity contribution in [3.8, 4) is 67.3 Å². The lowest BCUT2D eigenvalue weighted by Gasteiger charge is -2.34. The van der Waals surface area contributed by atoms with Gasteiger partial charge in [0.15, 0.2) is 5.82 Å². The van der Waals surface area contributed by atoms with Gasteiger partial charge in [-0.15, -0.1) is 11.3 Å². The van der Waals surface area contributed by atoms with Gasteiger partial charge < -0.3 is 0 Å². The monoisotopic (exact) mass is 806 g/mol. The minimum atomic E-state index is -0.517. The Balaban J connectivity index is 1.07. The minimum absolute atomic E-state index is 0.517. The molecule has 290 valence electrons. The van der Waals surface area contributed by atoms with Crippen LogP contribution < -0.4 is 0 Å². The van der Waals surface area contributed by atoms with E-state index in [-0.39, 0.29) is 0 Å². The van der Waals surface area contributed by atoms with Gasteiger partial charge >= 0.3 is 0 Å². The molecule has 62 heavy (non-hydrogen) atoms. The highest BCUT2D eigenvalue weighted by molar-refractivity contribution is 7.25. The Kier molecular flexibility index (Phi) is 8.62. The third kappa shape index (κ3) is 5.93. The summed E-state index contributed by atoms with van der Waals surface area (Å²) >= 11 is 1.85. The van der Waals surface area contributed by atoms with Crippen molar-refractivity contribution in [3.63, 3.8) is 0 Å². The Morgan fingerprint density at radius 2 is 0.839 bits per heavy atom. The number of nitrogens with zero attached hydrogens (tertiary/aromatic N) is 2. The van der Waals surface area contributed by atoms with Crippen molar-refractivity contribution < 1.29 is 0 Å². The van der Waals surface area contributed by atoms with Crippen LogP contribution in [0.25, 0.3) is 87.5 Å². The molecule has 0 bridgehead atoms. The van der Waals surface area contributed by atoms with Crippen molar-refractivity contribution in [1.82, 2.24) is 9.97 Å². The maximum Gasteiger partial charge on any atom is 0.160 e. The number of hydrogen-bond acceptors (Lipinski definition) is 3. The summed E-state index contributed by atoms with van der Waals surface area (Å²) in [5.41, 5.74) is 16.4. The zero-order chi connectivity index (χ0) is 41.0. The van der Waals surface area contributed by atoms with E-state index in [1.165, 1.54) is 59.1 Å². The van der Waals surface area contributed by atoms with Crippen LogP contribution in [0, 0.1) is 0 Å². The molecule has 0 radical (unpaired) electrons. The Morgan fingerprint density at radius 1 is 0.306 bits per heavy atom. The summed E-state index contributed by atoms with van der Waals surface area (Å²) in [5.74, 6) is 0.690. The van der Waals surface area contributed by atoms with Gasteiger partial charge in [0, 0.05) is 36.9 Å². The van der Waals surface area contributed by atoms with Crippen molar-refractivity contribution >= 4 is 31.5 Å². The summed E-state index contributed by atoms with van der Waals surface area (Å²) in [7, 11) is 0. The Morgan fingerprint density at radius 3 is 1.56 bits per heavy atom. The van der Waals surface area contributed by atoms with Crippen LogP contribution in [0.1, 0.15) is 22.3 Å². The predicted molar refractivity (Wildman–Crippen MR) is 259 cm³/mol. The van der Waals surface area contributed by atoms with Crippen LogP contribution in [-0.4, -0.2) is 9.97 Å². The molecule has 0 saturated carbocycles. The highest BCUT2D eigenvalue weighted by Gasteiger charge is 2.45. The molecule has 0 spiro atoms. The normalized spacial score (nSPS) is 12.6. The van der Waals surface area contributed by atoms with Crippen molar-refractivity contribution in [2.75, 3.05) is 0 Å². The zero-order valence-electron chi connectivity index (χ0n) is 33.7. The molecule has 0 N–H and O–H groups in total. The predicted octanol–water partition coefficient (Wildman–Crippen LogP) is 15.5. The standard InChI is InChI=1S/C59H38N2S/c1-4-17-39(18-5-1)43-33-44(41-31-32-57-51(37-41)50-27-12-15-30-56(50)62-57)35-45(34-43)55-38-54(60-58(61-55)40-19-6-2-7-20-40)42-21-16-24-47(36-42)59(46-22-8-3-9-23-46)52-28-13-10-25-48(52)49-26-11-14-29-53(49)59/h1-38H. The summed E-state index contributed by atoms with van der Waals surface area (Å²) in [6.07, 6.45) is 0. The van der Waals surface area contributed by atoms with Gasteiger partial charge in [0.2, 0.25) is 0 Å². The molecule has 12 rings (SSSR count). The second-order valence-electron chi connectivity index (χ2n) is 16.1. The van der Waals surface area contributed by atoms with Gasteiger partial charge in [-0.1, -0.05) is 182 Å². The molecule has 0 fully saturated rings. The van der Waals surface area contributed by atoms with E-state index in [1.807, 2.05) is 17.4 Å². The second kappa shape index (κ2) is 14.8. The van der Waals surface area contributed by atoms with Gasteiger partial charge in [-0.05, 0) is 104 Å². The number of rotatable bonds is 7. The lowest BCUT2D eigenvalue weighted by Crippen LogP contribution is -2.28. The zero-order valence-corrected chi connectivity index (χ0v) is 34.6. The highest BCUT2D eigenvalue weighted by atomic mass is 32.1. The smallest absolute Gasteiger partial charge is 0.160 e. The molecule has 0 amide bonds. The van der Waals surface area contributed by atoms with Crippen molar-refractivity contribution in [2.45, 2.75) is 5.41 Å². The van der Waals surface area contributed by atoms with E-state index in [1.54, 1.807) is 0 Å². The molecule has 2 heterocycles. The molecule has 2 aromatic heterocycles. The summed E-state index contributed by atoms with van der Waals surface area (Å²) < 4.78 is 2.60. The maximum absolute atomic E-state index is 5.36. The lowest BCUT2D eigenvalue weighted by atomic mass is 9.67. The fourth-order valence-electron chi connectivity index (χ4n) is 9.73. The van der Waals surface area contributed by atoms with E-state index in [2.05, 4.69) is 224 Å². The van der Waals surface area contributed by atoms with Crippen LogP contribution in [0.3, 0.4) is 0 Å². The summed E-state index contributed by atoms with van der Waals surface area (Å²) in [4.78, 5) is 10.7. The van der Waals surface area contributed by atoms with Gasteiger partial charge in [0.05, 0.1) is 16.8 Å². The number of benzene rings is 9. The topological polar surface area (TPSA) is 25.8 Å². The second-order valence-corrected chi connectivity index (χ2v) is 17.2. The van der Waals surface area contributed by atoms with E-state index in [0.717, 1.165) is 44.8 Å². The summed E-state index contributed by atoms with van der Waals surface area (Å²) in [5, 5.41) is 2.58. The number of fused-ring (bicyclic) bond motifs is 6. The number of hydrogen-bond donors (Lipinski definition) is 0. The first-order chi connectivity index (χ1) is 30.7. The van der Waals surface area contributed by atoms with Crippen LogP contribution in [0.2, 0.25) is 0 Å². The van der Waals surface area contributed by atoms with E-state index < -0.39 is 5.41 Å². The van der Waals surface area contributed by atoms with E-state index in [0.29, 0.717) is 5.82 Å². The van der Waals surface area contributed by atoms with Crippen LogP contribution in [0.4, 0.5) is 0 Å². The first kappa shape index (κ1) is 36.2. The largest absolute Gasteiger partial charge is 0.228 e. The van der Waals surface area contributed by atoms with Crippen LogP contribution in [0.15, 0.2) is 231 Å². The van der Waals surface area contributed by atoms with E-state index >= 15 is 0 Å². The Hall–Kier alpha value is -7.72. The van der Waals surface area contributed by atoms with Gasteiger partial charge in [-0.2, -0.15) is 0 Å². The first-order valence-electron chi connectivity index (χ1n) is 21.1. The van der Waals surface area contributed by atoms with E-state index in [4.69, 9.17) is 9.97 Å². The molecule has 11 aromatic rings. The average molecular weight is 807 g/mol. The third-order valence-electron chi connectivity index (χ3n) is 12.6. The fourth-order valence-corrected chi connectivity index (χ4v) is 10.8. The minimum Gasteiger partial charge on any atom is -0.228 e. The van der Waals surface area contributed by atoms with Crippen LogP contribution in [-0.2, 0) is 5.41 Å². The molecule has 1 aliphatic carbocycles. The van der Waals surface area contributed by atoms with Crippen LogP contribution in [0.5, 0.6) is 0 Å². The van der Waals surface area contributed by atoms with E-state index in [9.17, 15) is 0 Å². The molecule has 3 heteroatoms. The molecule has 0 atom stereocenters.